The molecule has 28 heavy (non-hydrogen) atoms. The number of H-pyrrole nitrogens is 2. The van der Waals surface area contributed by atoms with E-state index in [4.69, 9.17) is 0 Å². The van der Waals surface area contributed by atoms with Gasteiger partial charge in [0.05, 0.1) is 5.69 Å². The minimum Gasteiger partial charge on any atom is -0.506 e. The van der Waals surface area contributed by atoms with Crippen LogP contribution in [0.2, 0.25) is 0 Å². The fraction of sp³-hybridized carbons (Fsp3) is 0.333. The van der Waals surface area contributed by atoms with Crippen molar-refractivity contribution in [3.8, 4) is 17.0 Å². The molecule has 3 heterocycles. The van der Waals surface area contributed by atoms with Crippen LogP contribution in [0.15, 0.2) is 23.0 Å². The third kappa shape index (κ3) is 2.79. The van der Waals surface area contributed by atoms with Gasteiger partial charge < -0.3 is 20.2 Å². The highest BCUT2D eigenvalue weighted by Gasteiger charge is 2.23. The highest BCUT2D eigenvalue weighted by molar-refractivity contribution is 5.93. The van der Waals surface area contributed by atoms with Crippen molar-refractivity contribution in [2.24, 2.45) is 0 Å². The predicted molar refractivity (Wildman–Crippen MR) is 107 cm³/mol. The first kappa shape index (κ1) is 18.3. The maximum absolute atomic E-state index is 12.2. The Labute approximate surface area is 161 Å². The summed E-state index contributed by atoms with van der Waals surface area (Å²) in [5.74, 6) is -1.90. The Balaban J connectivity index is 1.86. The van der Waals surface area contributed by atoms with E-state index >= 15 is 0 Å². The van der Waals surface area contributed by atoms with Gasteiger partial charge in [0.2, 0.25) is 0 Å². The van der Waals surface area contributed by atoms with Crippen molar-refractivity contribution >= 4 is 16.9 Å². The summed E-state index contributed by atoms with van der Waals surface area (Å²) in [5, 5.41) is 20.8. The molecule has 0 atom stereocenters. The molecule has 0 radical (unpaired) electrons. The van der Waals surface area contributed by atoms with Crippen LogP contribution in [0.4, 0.5) is 0 Å². The number of aromatic hydroxyl groups is 1. The number of rotatable bonds is 4. The SMILES string of the molecule is CCc1c(-c2ccc3c4c([nH]c3c2)CN(CC)CC4)[nH]c(=O)c(C(=O)O)c1O. The summed E-state index contributed by atoms with van der Waals surface area (Å²) >= 11 is 0. The zero-order valence-corrected chi connectivity index (χ0v) is 15.9. The first-order valence-electron chi connectivity index (χ1n) is 9.52. The molecule has 0 saturated carbocycles. The van der Waals surface area contributed by atoms with Crippen LogP contribution in [0.1, 0.15) is 41.0 Å². The number of aromatic amines is 2. The lowest BCUT2D eigenvalue weighted by Crippen LogP contribution is -2.29. The van der Waals surface area contributed by atoms with Crippen molar-refractivity contribution in [1.29, 1.82) is 0 Å². The molecule has 3 aromatic rings. The Morgan fingerprint density at radius 2 is 2.04 bits per heavy atom. The Kier molecular flexibility index (Phi) is 4.47. The summed E-state index contributed by atoms with van der Waals surface area (Å²) in [6.45, 7) is 6.91. The maximum Gasteiger partial charge on any atom is 0.345 e. The first-order valence-corrected chi connectivity index (χ1v) is 9.52. The molecular weight excluding hydrogens is 358 g/mol. The Hall–Kier alpha value is -3.06. The number of carboxylic acid groups (broad SMARTS) is 1. The highest BCUT2D eigenvalue weighted by atomic mass is 16.4. The van der Waals surface area contributed by atoms with Crippen LogP contribution in [0.3, 0.4) is 0 Å². The number of fused-ring (bicyclic) bond motifs is 3. The van der Waals surface area contributed by atoms with E-state index in [-0.39, 0.29) is 0 Å². The number of carboxylic acids is 1. The monoisotopic (exact) mass is 381 g/mol. The smallest absolute Gasteiger partial charge is 0.345 e. The second-order valence-electron chi connectivity index (χ2n) is 7.15. The summed E-state index contributed by atoms with van der Waals surface area (Å²) in [7, 11) is 0. The van der Waals surface area contributed by atoms with Gasteiger partial charge in [0, 0.05) is 40.8 Å². The van der Waals surface area contributed by atoms with Gasteiger partial charge in [0.15, 0.2) is 5.56 Å². The lowest BCUT2D eigenvalue weighted by Gasteiger charge is -2.25. The summed E-state index contributed by atoms with van der Waals surface area (Å²) in [5.41, 5.74) is 3.72. The van der Waals surface area contributed by atoms with Crippen molar-refractivity contribution in [3.63, 3.8) is 0 Å². The molecule has 1 aliphatic rings. The molecule has 0 fully saturated rings. The molecule has 4 N–H and O–H groups in total. The summed E-state index contributed by atoms with van der Waals surface area (Å²) in [6, 6.07) is 5.89. The molecular formula is C21H23N3O4. The molecule has 7 nitrogen and oxygen atoms in total. The minimum atomic E-state index is -1.44. The lowest BCUT2D eigenvalue weighted by atomic mass is 9.98. The molecule has 0 aliphatic carbocycles. The van der Waals surface area contributed by atoms with E-state index in [1.165, 1.54) is 16.6 Å². The van der Waals surface area contributed by atoms with E-state index in [0.29, 0.717) is 17.7 Å². The Bertz CT molecular complexity index is 1140. The zero-order chi connectivity index (χ0) is 20.0. The normalized spacial score (nSPS) is 14.4. The van der Waals surface area contributed by atoms with Crippen molar-refractivity contribution in [3.05, 3.63) is 50.9 Å². The fourth-order valence-corrected chi connectivity index (χ4v) is 4.15. The van der Waals surface area contributed by atoms with Crippen LogP contribution in [-0.2, 0) is 19.4 Å². The molecule has 0 saturated heterocycles. The largest absolute Gasteiger partial charge is 0.506 e. The van der Waals surface area contributed by atoms with Gasteiger partial charge in [-0.25, -0.2) is 4.79 Å². The van der Waals surface area contributed by atoms with Crippen molar-refractivity contribution in [1.82, 2.24) is 14.9 Å². The number of benzene rings is 1. The highest BCUT2D eigenvalue weighted by Crippen LogP contribution is 2.34. The third-order valence-corrected chi connectivity index (χ3v) is 5.65. The van der Waals surface area contributed by atoms with Crippen LogP contribution in [0.25, 0.3) is 22.2 Å². The summed E-state index contributed by atoms with van der Waals surface area (Å²) in [6.07, 6.45) is 1.39. The maximum atomic E-state index is 12.2. The van der Waals surface area contributed by atoms with Gasteiger partial charge in [-0.2, -0.15) is 0 Å². The van der Waals surface area contributed by atoms with Crippen molar-refractivity contribution in [2.75, 3.05) is 13.1 Å². The van der Waals surface area contributed by atoms with Crippen LogP contribution in [0, 0.1) is 0 Å². The quantitative estimate of drug-likeness (QED) is 0.556. The van der Waals surface area contributed by atoms with Crippen molar-refractivity contribution < 1.29 is 15.0 Å². The number of hydrogen-bond acceptors (Lipinski definition) is 4. The molecule has 0 bridgehead atoms. The molecule has 7 heteroatoms. The topological polar surface area (TPSA) is 109 Å². The van der Waals surface area contributed by atoms with E-state index in [0.717, 1.165) is 37.1 Å². The zero-order valence-electron chi connectivity index (χ0n) is 15.9. The Morgan fingerprint density at radius 3 is 2.71 bits per heavy atom. The molecule has 1 aromatic carbocycles. The van der Waals surface area contributed by atoms with Gasteiger partial charge in [0.1, 0.15) is 5.75 Å². The number of carbonyl (C=O) groups is 1. The van der Waals surface area contributed by atoms with Gasteiger partial charge in [0.25, 0.3) is 5.56 Å². The number of aromatic nitrogens is 2. The molecule has 0 amide bonds. The molecule has 146 valence electrons. The van der Waals surface area contributed by atoms with E-state index in [9.17, 15) is 19.8 Å². The average molecular weight is 381 g/mol. The lowest BCUT2D eigenvalue weighted by molar-refractivity contribution is 0.0691. The van der Waals surface area contributed by atoms with Gasteiger partial charge in [-0.3, -0.25) is 9.69 Å². The number of hydrogen-bond donors (Lipinski definition) is 4. The molecule has 1 aliphatic heterocycles. The molecule has 0 unspecified atom stereocenters. The summed E-state index contributed by atoms with van der Waals surface area (Å²) in [4.78, 5) is 32.1. The minimum absolute atomic E-state index is 0.392. The van der Waals surface area contributed by atoms with Gasteiger partial charge in [-0.1, -0.05) is 26.0 Å². The predicted octanol–water partition coefficient (Wildman–Crippen LogP) is 2.87. The van der Waals surface area contributed by atoms with E-state index < -0.39 is 22.8 Å². The van der Waals surface area contributed by atoms with E-state index in [1.807, 2.05) is 25.1 Å². The molecule has 4 rings (SSSR count). The van der Waals surface area contributed by atoms with Crippen LogP contribution < -0.4 is 5.56 Å². The number of likely N-dealkylation sites (N-methyl/N-ethyl adjacent to an activating group) is 1. The van der Waals surface area contributed by atoms with E-state index in [1.54, 1.807) is 0 Å². The van der Waals surface area contributed by atoms with Gasteiger partial charge in [-0.05, 0) is 31.0 Å². The van der Waals surface area contributed by atoms with Gasteiger partial charge in [-0.15, -0.1) is 0 Å². The van der Waals surface area contributed by atoms with Crippen LogP contribution in [0.5, 0.6) is 5.75 Å². The number of nitrogens with zero attached hydrogens (tertiary/aromatic N) is 1. The fourth-order valence-electron chi connectivity index (χ4n) is 4.15. The molecule has 0 spiro atoms. The number of nitrogens with one attached hydrogen (secondary N) is 2. The number of aromatic carboxylic acids is 1. The average Bonchev–Trinajstić information content (AvgIpc) is 3.03. The summed E-state index contributed by atoms with van der Waals surface area (Å²) < 4.78 is 0. The standard InChI is InChI=1S/C21H23N3O4/c1-3-12-18(23-20(26)17(19(12)25)21(27)28)11-5-6-13-14-7-8-24(4-2)10-16(14)22-15(13)9-11/h5-6,9,22H,3-4,7-8,10H2,1-2H3,(H,27,28)(H2,23,25,26). The van der Waals surface area contributed by atoms with Gasteiger partial charge >= 0.3 is 5.97 Å². The molecule has 2 aromatic heterocycles. The number of pyridine rings is 1. The van der Waals surface area contributed by atoms with Crippen molar-refractivity contribution in [2.45, 2.75) is 33.2 Å². The van der Waals surface area contributed by atoms with Crippen LogP contribution in [-0.4, -0.2) is 44.1 Å². The second kappa shape index (κ2) is 6.83. The second-order valence-corrected chi connectivity index (χ2v) is 7.15. The van der Waals surface area contributed by atoms with Crippen LogP contribution >= 0.6 is 0 Å². The Morgan fingerprint density at radius 1 is 1.25 bits per heavy atom. The third-order valence-electron chi connectivity index (χ3n) is 5.65. The van der Waals surface area contributed by atoms with E-state index in [2.05, 4.69) is 21.8 Å². The first-order chi connectivity index (χ1) is 13.4.